The zero-order chi connectivity index (χ0) is 35.1. The zero-order valence-corrected chi connectivity index (χ0v) is 42.4. The van der Waals surface area contributed by atoms with Crippen molar-refractivity contribution in [3.8, 4) is 0 Å². The summed E-state index contributed by atoms with van der Waals surface area (Å²) < 4.78 is 0. The van der Waals surface area contributed by atoms with E-state index in [1.165, 1.54) is 50.1 Å². The fraction of sp³-hybridized carbons (Fsp3) is 0.476. The molecule has 50 heavy (non-hydrogen) atoms. The average molecular weight is 835 g/mol. The average Bonchev–Trinajstić information content (AvgIpc) is 3.10. The van der Waals surface area contributed by atoms with Crippen LogP contribution in [0.25, 0.3) is 0 Å². The SMILES string of the molecule is CC1=[C-]C(C)([Si](c2cc(C)c(C)c([Si](C)(C)C)c2)(c2cc(C)c(C)c([Si](C)(C)C)c2)c2cc(C)c(C)c([Si](C)(C)C)c2)C(C)=C1C.[Cl-].[Cl-].[Cl-].[Ti+4]. The first-order valence-electron chi connectivity index (χ1n) is 17.5. The summed E-state index contributed by atoms with van der Waals surface area (Å²) in [6.07, 6.45) is 4.28. The van der Waals surface area contributed by atoms with Crippen LogP contribution in [-0.4, -0.2) is 32.3 Å². The Kier molecular flexibility index (Phi) is 16.4. The topological polar surface area (TPSA) is 0 Å². The van der Waals surface area contributed by atoms with Crippen molar-refractivity contribution in [3.05, 3.63) is 92.6 Å². The molecule has 3 aromatic rings. The molecule has 0 aliphatic heterocycles. The second kappa shape index (κ2) is 16.5. The molecular formula is C42H63Cl3Si4Ti. The van der Waals surface area contributed by atoms with Crippen molar-refractivity contribution in [2.24, 2.45) is 0 Å². The predicted octanol–water partition coefficient (Wildman–Crippen LogP) is -0.488. The number of rotatable bonds is 7. The fourth-order valence-electron chi connectivity index (χ4n) is 8.52. The maximum Gasteiger partial charge on any atom is 4.00 e. The van der Waals surface area contributed by atoms with Gasteiger partial charge in [0.05, 0.1) is 24.2 Å². The van der Waals surface area contributed by atoms with Crippen LogP contribution in [0.5, 0.6) is 0 Å². The molecule has 0 amide bonds. The summed E-state index contributed by atoms with van der Waals surface area (Å²) in [6.45, 7) is 46.7. The molecule has 0 heterocycles. The first-order chi connectivity index (χ1) is 20.8. The van der Waals surface area contributed by atoms with Gasteiger partial charge in [-0.05, 0) is 90.5 Å². The molecule has 0 spiro atoms. The Bertz CT molecular complexity index is 1640. The van der Waals surface area contributed by atoms with E-state index in [0.717, 1.165) is 0 Å². The van der Waals surface area contributed by atoms with Gasteiger partial charge in [-0.15, -0.1) is 6.92 Å². The van der Waals surface area contributed by atoms with Gasteiger partial charge in [0.1, 0.15) is 8.07 Å². The Balaban J connectivity index is 0.00000600. The summed E-state index contributed by atoms with van der Waals surface area (Å²) in [7, 11) is -7.84. The molecule has 1 aliphatic rings. The molecule has 0 aromatic heterocycles. The van der Waals surface area contributed by atoms with Gasteiger partial charge < -0.3 is 37.2 Å². The molecule has 0 saturated carbocycles. The number of hydrogen-bond donors (Lipinski definition) is 0. The summed E-state index contributed by atoms with van der Waals surface area (Å²) in [5.74, 6) is 0. The number of halogens is 3. The normalized spacial score (nSPS) is 16.6. The molecular weight excluding hydrogens is 771 g/mol. The Morgan fingerprint density at radius 1 is 0.460 bits per heavy atom. The molecule has 1 unspecified atom stereocenters. The summed E-state index contributed by atoms with van der Waals surface area (Å²) in [4.78, 5) is 0. The number of aryl methyl sites for hydroxylation is 3. The van der Waals surface area contributed by atoms with Gasteiger partial charge >= 0.3 is 21.7 Å². The van der Waals surface area contributed by atoms with Crippen molar-refractivity contribution in [2.75, 3.05) is 0 Å². The minimum atomic E-state index is -2.88. The molecule has 1 aliphatic carbocycles. The van der Waals surface area contributed by atoms with E-state index < -0.39 is 32.3 Å². The molecule has 8 heteroatoms. The van der Waals surface area contributed by atoms with Gasteiger partial charge in [-0.3, -0.25) is 6.08 Å². The van der Waals surface area contributed by atoms with Crippen LogP contribution in [0, 0.1) is 47.6 Å². The summed E-state index contributed by atoms with van der Waals surface area (Å²) in [5, 5.41) is 9.31. The largest absolute Gasteiger partial charge is 4.00 e. The zero-order valence-electron chi connectivity index (χ0n) is 34.6. The van der Waals surface area contributed by atoms with Crippen LogP contribution in [0.3, 0.4) is 0 Å². The van der Waals surface area contributed by atoms with E-state index in [1.54, 1.807) is 31.1 Å². The van der Waals surface area contributed by atoms with Crippen LogP contribution in [0.2, 0.25) is 64.0 Å². The number of hydrogen-bond acceptors (Lipinski definition) is 0. The molecule has 0 fully saturated rings. The standard InChI is InChI=1S/C42H63Si4.3ClH.Ti/c1-27-20-36(23-39(32(27)6)43(11,12)13)46(42(10)26-30(4)31(5)35(42)9,37-21-28(2)33(7)40(24-37)44(14,15)16)38-22-29(3)34(8)41(25-38)45(17,18)19;;;;/h20-25H,1-19H3;3*1H;/q-1;;;;+4/p-3. The molecule has 272 valence electrons. The van der Waals surface area contributed by atoms with E-state index in [-0.39, 0.29) is 64.0 Å². The monoisotopic (exact) mass is 832 g/mol. The van der Waals surface area contributed by atoms with Crippen molar-refractivity contribution in [3.63, 3.8) is 0 Å². The van der Waals surface area contributed by atoms with Crippen molar-refractivity contribution in [2.45, 2.75) is 133 Å². The number of allylic oxidation sites excluding steroid dienone is 4. The Labute approximate surface area is 345 Å². The minimum Gasteiger partial charge on any atom is -1.00 e. The quantitative estimate of drug-likeness (QED) is 0.172. The van der Waals surface area contributed by atoms with Crippen LogP contribution in [-0.2, 0) is 21.7 Å². The molecule has 0 radical (unpaired) electrons. The van der Waals surface area contributed by atoms with Gasteiger partial charge in [-0.25, -0.2) is 5.57 Å². The van der Waals surface area contributed by atoms with Crippen LogP contribution in [0.1, 0.15) is 61.1 Å². The van der Waals surface area contributed by atoms with Gasteiger partial charge in [0.2, 0.25) is 0 Å². The predicted molar refractivity (Wildman–Crippen MR) is 221 cm³/mol. The van der Waals surface area contributed by atoms with Crippen LogP contribution >= 0.6 is 0 Å². The van der Waals surface area contributed by atoms with Crippen molar-refractivity contribution in [1.82, 2.24) is 0 Å². The van der Waals surface area contributed by atoms with Crippen molar-refractivity contribution >= 4 is 63.4 Å². The van der Waals surface area contributed by atoms with Crippen molar-refractivity contribution in [1.29, 1.82) is 0 Å². The number of benzene rings is 3. The smallest absolute Gasteiger partial charge is 1.00 e. The second-order valence-corrected chi connectivity index (χ2v) is 37.4. The third-order valence-electron chi connectivity index (χ3n) is 11.8. The fourth-order valence-corrected chi connectivity index (χ4v) is 20.9. The molecule has 1 atom stereocenters. The van der Waals surface area contributed by atoms with Gasteiger partial charge in [0.25, 0.3) is 0 Å². The van der Waals surface area contributed by atoms with Crippen LogP contribution < -0.4 is 68.3 Å². The van der Waals surface area contributed by atoms with Gasteiger partial charge in [-0.2, -0.15) is 11.1 Å². The third-order valence-corrected chi connectivity index (χ3v) is 23.7. The Hall–Kier alpha value is -0.408. The van der Waals surface area contributed by atoms with Gasteiger partial charge in [-0.1, -0.05) is 137 Å². The maximum absolute atomic E-state index is 4.28. The molecule has 4 rings (SSSR count). The van der Waals surface area contributed by atoms with Crippen LogP contribution in [0.4, 0.5) is 0 Å². The molecule has 0 N–H and O–H groups in total. The molecule has 0 nitrogen and oxygen atoms in total. The van der Waals surface area contributed by atoms with E-state index in [9.17, 15) is 0 Å². The first kappa shape index (κ1) is 49.6. The van der Waals surface area contributed by atoms with Crippen molar-refractivity contribution < 1.29 is 58.9 Å². The molecule has 0 saturated heterocycles. The summed E-state index contributed by atoms with van der Waals surface area (Å²) in [5.41, 5.74) is 13.1. The van der Waals surface area contributed by atoms with E-state index in [0.29, 0.717) is 0 Å². The Morgan fingerprint density at radius 3 is 0.920 bits per heavy atom. The van der Waals surface area contributed by atoms with E-state index >= 15 is 0 Å². The molecule has 3 aromatic carbocycles. The Morgan fingerprint density at radius 2 is 0.720 bits per heavy atom. The molecule has 0 bridgehead atoms. The van der Waals surface area contributed by atoms with Gasteiger partial charge in [0, 0.05) is 0 Å². The van der Waals surface area contributed by atoms with E-state index in [4.69, 9.17) is 0 Å². The minimum absolute atomic E-state index is 0. The van der Waals surface area contributed by atoms with E-state index in [1.807, 2.05) is 0 Å². The summed E-state index contributed by atoms with van der Waals surface area (Å²) >= 11 is 0. The third kappa shape index (κ3) is 8.30. The maximum atomic E-state index is 4.28. The van der Waals surface area contributed by atoms with Gasteiger partial charge in [0.15, 0.2) is 0 Å². The van der Waals surface area contributed by atoms with E-state index in [2.05, 4.69) is 171 Å². The first-order valence-corrected chi connectivity index (χ1v) is 30.0. The second-order valence-electron chi connectivity index (χ2n) is 18.0. The summed E-state index contributed by atoms with van der Waals surface area (Å²) in [6, 6.07) is 16.0. The van der Waals surface area contributed by atoms with Crippen LogP contribution in [0.15, 0.2) is 53.1 Å².